The number of hydrogen-bond acceptors (Lipinski definition) is 4. The first-order chi connectivity index (χ1) is 7.58. The van der Waals surface area contributed by atoms with E-state index in [-0.39, 0.29) is 21.3 Å². The van der Waals surface area contributed by atoms with Crippen LogP contribution in [0.4, 0.5) is 13.2 Å². The summed E-state index contributed by atoms with van der Waals surface area (Å²) in [5.74, 6) is -0.884. The van der Waals surface area contributed by atoms with Gasteiger partial charge in [-0.1, -0.05) is 16.4 Å². The van der Waals surface area contributed by atoms with Gasteiger partial charge in [-0.15, -0.1) is 10.2 Å². The summed E-state index contributed by atoms with van der Waals surface area (Å²) in [6.45, 7) is -2.92. The van der Waals surface area contributed by atoms with Crippen LogP contribution in [-0.4, -0.2) is 25.2 Å². The van der Waals surface area contributed by atoms with Crippen LogP contribution in [0.3, 0.4) is 0 Å². The Labute approximate surface area is 91.9 Å². The number of nitrogens with zero attached hydrogens (tertiary/aromatic N) is 5. The first-order valence-corrected chi connectivity index (χ1v) is 4.35. The molecule has 2 aromatic rings. The molecule has 0 saturated heterocycles. The van der Waals surface area contributed by atoms with Crippen LogP contribution in [0.25, 0.3) is 11.4 Å². The minimum Gasteiger partial charge on any atom is -0.241 e. The van der Waals surface area contributed by atoms with Crippen LogP contribution in [0.1, 0.15) is 6.55 Å². The standard InChI is InChI=1S/C7H3ClF3N5/c8-5-4(1-3(9)2-12-5)6-13-15-16(14-6)7(10)11/h1-2,7H. The van der Waals surface area contributed by atoms with Gasteiger partial charge in [0.1, 0.15) is 11.0 Å². The average Bonchev–Trinajstić information content (AvgIpc) is 2.70. The van der Waals surface area contributed by atoms with Gasteiger partial charge in [0.05, 0.1) is 11.8 Å². The van der Waals surface area contributed by atoms with Crippen molar-refractivity contribution in [1.29, 1.82) is 0 Å². The fraction of sp³-hybridized carbons (Fsp3) is 0.143. The second kappa shape index (κ2) is 4.05. The van der Waals surface area contributed by atoms with E-state index in [1.807, 2.05) is 0 Å². The predicted molar refractivity (Wildman–Crippen MR) is 47.3 cm³/mol. The maximum absolute atomic E-state index is 12.8. The Kier molecular flexibility index (Phi) is 2.73. The van der Waals surface area contributed by atoms with Crippen molar-refractivity contribution in [3.05, 3.63) is 23.2 Å². The molecule has 0 aliphatic carbocycles. The molecule has 0 aromatic carbocycles. The van der Waals surface area contributed by atoms with Crippen molar-refractivity contribution in [3.8, 4) is 11.4 Å². The SMILES string of the molecule is Fc1cnc(Cl)c(-c2nnn(C(F)F)n2)c1. The van der Waals surface area contributed by atoms with Crippen molar-refractivity contribution in [2.24, 2.45) is 0 Å². The van der Waals surface area contributed by atoms with Gasteiger partial charge in [0.25, 0.3) is 0 Å². The van der Waals surface area contributed by atoms with Gasteiger partial charge < -0.3 is 0 Å². The lowest BCUT2D eigenvalue weighted by Crippen LogP contribution is -2.02. The number of halogens is 4. The molecular weight excluding hydrogens is 247 g/mol. The van der Waals surface area contributed by atoms with E-state index in [0.29, 0.717) is 0 Å². The topological polar surface area (TPSA) is 56.5 Å². The Morgan fingerprint density at radius 1 is 1.38 bits per heavy atom. The van der Waals surface area contributed by atoms with E-state index in [9.17, 15) is 13.2 Å². The molecule has 0 fully saturated rings. The summed E-state index contributed by atoms with van der Waals surface area (Å²) < 4.78 is 37.1. The summed E-state index contributed by atoms with van der Waals surface area (Å²) in [4.78, 5) is 3.59. The van der Waals surface area contributed by atoms with Crippen LogP contribution >= 0.6 is 11.6 Å². The first-order valence-electron chi connectivity index (χ1n) is 3.97. The van der Waals surface area contributed by atoms with Crippen LogP contribution in [-0.2, 0) is 0 Å². The minimum atomic E-state index is -2.92. The van der Waals surface area contributed by atoms with Gasteiger partial charge in [0.15, 0.2) is 0 Å². The van der Waals surface area contributed by atoms with Gasteiger partial charge in [0, 0.05) is 0 Å². The van der Waals surface area contributed by atoms with Crippen molar-refractivity contribution in [2.45, 2.75) is 6.55 Å². The monoisotopic (exact) mass is 249 g/mol. The zero-order valence-electron chi connectivity index (χ0n) is 7.48. The molecule has 84 valence electrons. The number of tetrazole rings is 1. The molecule has 2 rings (SSSR count). The fourth-order valence-corrected chi connectivity index (χ4v) is 1.18. The summed E-state index contributed by atoms with van der Waals surface area (Å²) in [6.07, 6.45) is 0.892. The first kappa shape index (κ1) is 10.8. The van der Waals surface area contributed by atoms with E-state index in [1.165, 1.54) is 0 Å². The van der Waals surface area contributed by atoms with Crippen LogP contribution < -0.4 is 0 Å². The van der Waals surface area contributed by atoms with Gasteiger partial charge in [0.2, 0.25) is 5.82 Å². The molecule has 2 aromatic heterocycles. The highest BCUT2D eigenvalue weighted by atomic mass is 35.5. The molecule has 0 aliphatic rings. The normalized spacial score (nSPS) is 11.1. The van der Waals surface area contributed by atoms with Gasteiger partial charge in [-0.3, -0.25) is 0 Å². The molecule has 0 N–H and O–H groups in total. The molecule has 0 atom stereocenters. The smallest absolute Gasteiger partial charge is 0.241 e. The zero-order chi connectivity index (χ0) is 11.7. The van der Waals surface area contributed by atoms with Crippen LogP contribution in [0, 0.1) is 5.82 Å². The lowest BCUT2D eigenvalue weighted by molar-refractivity contribution is 0.0397. The molecule has 0 amide bonds. The van der Waals surface area contributed by atoms with E-state index >= 15 is 0 Å². The van der Waals surface area contributed by atoms with Crippen molar-refractivity contribution in [1.82, 2.24) is 25.2 Å². The van der Waals surface area contributed by atoms with Gasteiger partial charge >= 0.3 is 6.55 Å². The highest BCUT2D eigenvalue weighted by Crippen LogP contribution is 2.23. The number of rotatable bonds is 2. The van der Waals surface area contributed by atoms with Gasteiger partial charge in [-0.05, 0) is 11.3 Å². The molecular formula is C7H3ClF3N5. The van der Waals surface area contributed by atoms with Gasteiger partial charge in [-0.2, -0.15) is 8.78 Å². The van der Waals surface area contributed by atoms with E-state index in [1.54, 1.807) is 0 Å². The molecule has 0 unspecified atom stereocenters. The second-order valence-corrected chi connectivity index (χ2v) is 3.06. The van der Waals surface area contributed by atoms with Crippen LogP contribution in [0.15, 0.2) is 12.3 Å². The van der Waals surface area contributed by atoms with E-state index < -0.39 is 12.4 Å². The van der Waals surface area contributed by atoms with Crippen LogP contribution in [0.2, 0.25) is 5.15 Å². The van der Waals surface area contributed by atoms with Crippen molar-refractivity contribution in [2.75, 3.05) is 0 Å². The third-order valence-electron chi connectivity index (χ3n) is 1.65. The quantitative estimate of drug-likeness (QED) is 0.763. The summed E-state index contributed by atoms with van der Waals surface area (Å²) in [5.41, 5.74) is 0.00793. The number of pyridine rings is 1. The number of aromatic nitrogens is 5. The zero-order valence-corrected chi connectivity index (χ0v) is 8.24. The average molecular weight is 250 g/mol. The molecule has 2 heterocycles. The maximum atomic E-state index is 12.8. The van der Waals surface area contributed by atoms with Crippen molar-refractivity contribution < 1.29 is 13.2 Å². The lowest BCUT2D eigenvalue weighted by atomic mass is 10.3. The second-order valence-electron chi connectivity index (χ2n) is 2.70. The number of hydrogen-bond donors (Lipinski definition) is 0. The lowest BCUT2D eigenvalue weighted by Gasteiger charge is -1.97. The summed E-state index contributed by atoms with van der Waals surface area (Å²) in [7, 11) is 0. The molecule has 0 radical (unpaired) electrons. The molecule has 0 bridgehead atoms. The predicted octanol–water partition coefficient (Wildman–Crippen LogP) is 1.92. The van der Waals surface area contributed by atoms with E-state index in [2.05, 4.69) is 20.4 Å². The fourth-order valence-electron chi connectivity index (χ4n) is 0.995. The molecule has 0 aliphatic heterocycles. The summed E-state index contributed by atoms with van der Waals surface area (Å²) in [6, 6.07) is 0.988. The minimum absolute atomic E-state index is 0.00793. The Morgan fingerprint density at radius 3 is 2.75 bits per heavy atom. The third-order valence-corrected chi connectivity index (χ3v) is 1.95. The highest BCUT2D eigenvalue weighted by Gasteiger charge is 2.15. The Morgan fingerprint density at radius 2 is 2.12 bits per heavy atom. The van der Waals surface area contributed by atoms with Gasteiger partial charge in [-0.25, -0.2) is 9.37 Å². The van der Waals surface area contributed by atoms with E-state index in [4.69, 9.17) is 11.6 Å². The highest BCUT2D eigenvalue weighted by molar-refractivity contribution is 6.31. The largest absolute Gasteiger partial charge is 0.350 e. The van der Waals surface area contributed by atoms with Crippen LogP contribution in [0.5, 0.6) is 0 Å². The summed E-state index contributed by atoms with van der Waals surface area (Å²) in [5, 5.41) is 9.65. The molecule has 5 nitrogen and oxygen atoms in total. The summed E-state index contributed by atoms with van der Waals surface area (Å²) >= 11 is 5.64. The third kappa shape index (κ3) is 1.96. The Bertz CT molecular complexity index is 514. The van der Waals surface area contributed by atoms with E-state index in [0.717, 1.165) is 12.3 Å². The molecule has 0 saturated carbocycles. The Hall–Kier alpha value is -1.70. The molecule has 16 heavy (non-hydrogen) atoms. The molecule has 0 spiro atoms. The molecule has 9 heteroatoms. The Balaban J connectivity index is 2.46. The van der Waals surface area contributed by atoms with Crippen molar-refractivity contribution in [3.63, 3.8) is 0 Å². The van der Waals surface area contributed by atoms with Crippen molar-refractivity contribution >= 4 is 11.6 Å². The maximum Gasteiger partial charge on any atom is 0.350 e. The number of alkyl halides is 2.